The van der Waals surface area contributed by atoms with E-state index in [-0.39, 0.29) is 35.9 Å². The highest BCUT2D eigenvalue weighted by Gasteiger charge is 2.49. The molecule has 222 valence electrons. The maximum Gasteiger partial charge on any atom is 0.279 e. The van der Waals surface area contributed by atoms with E-state index in [1.807, 2.05) is 98.8 Å². The first-order valence-corrected chi connectivity index (χ1v) is 15.2. The third kappa shape index (κ3) is 3.86. The van der Waals surface area contributed by atoms with Crippen LogP contribution in [0.1, 0.15) is 45.7 Å². The minimum Gasteiger partial charge on any atom is -0.292 e. The van der Waals surface area contributed by atoms with Crippen molar-refractivity contribution in [3.8, 4) is 22.3 Å². The number of amidine groups is 2. The van der Waals surface area contributed by atoms with Crippen LogP contribution >= 0.6 is 0 Å². The molecular formula is C38H26N4O4. The van der Waals surface area contributed by atoms with E-state index in [1.165, 1.54) is 9.80 Å². The number of benzene rings is 4. The molecule has 4 heterocycles. The van der Waals surface area contributed by atoms with Gasteiger partial charge in [0.2, 0.25) is 0 Å². The predicted octanol–water partition coefficient (Wildman–Crippen LogP) is 6.06. The van der Waals surface area contributed by atoms with Crippen LogP contribution in [-0.4, -0.2) is 58.2 Å². The normalized spacial score (nSPS) is 16.8. The van der Waals surface area contributed by atoms with Gasteiger partial charge in [-0.05, 0) is 71.5 Å². The van der Waals surface area contributed by atoms with Gasteiger partial charge in [-0.2, -0.15) is 9.98 Å². The molecule has 0 unspecified atom stereocenters. The molecule has 0 saturated carbocycles. The summed E-state index contributed by atoms with van der Waals surface area (Å²) < 4.78 is 0. The Morgan fingerprint density at radius 2 is 0.848 bits per heavy atom. The fourth-order valence-corrected chi connectivity index (χ4v) is 6.77. The standard InChI is InChI=1S/C38H26N4O4/c1-3-41-33-29(27-19-23(21-11-7-5-8-12-21)15-17-25(27)35(43)39-33)31(37(41)45)32-30-28-20-24(22-13-9-6-10-14-22)16-18-26(28)36(44)40-34(30)42(4-2)38(32)46/h5-20H,3-4H2,1-2H3. The number of fused-ring (bicyclic) bond motifs is 6. The van der Waals surface area contributed by atoms with E-state index in [0.29, 0.717) is 33.4 Å². The number of likely N-dealkylation sites (N-methyl/N-ethyl adjacent to an activating group) is 2. The van der Waals surface area contributed by atoms with Gasteiger partial charge < -0.3 is 0 Å². The van der Waals surface area contributed by atoms with Gasteiger partial charge in [0.15, 0.2) is 0 Å². The molecule has 0 saturated heterocycles. The first-order chi connectivity index (χ1) is 22.4. The van der Waals surface area contributed by atoms with E-state index in [4.69, 9.17) is 0 Å². The first-order valence-electron chi connectivity index (χ1n) is 15.2. The van der Waals surface area contributed by atoms with Crippen molar-refractivity contribution in [2.45, 2.75) is 13.8 Å². The number of amides is 4. The quantitative estimate of drug-likeness (QED) is 0.277. The summed E-state index contributed by atoms with van der Waals surface area (Å²) in [6.45, 7) is 4.10. The van der Waals surface area contributed by atoms with Crippen LogP contribution in [0.25, 0.3) is 33.4 Å². The van der Waals surface area contributed by atoms with Gasteiger partial charge in [-0.1, -0.05) is 72.8 Å². The minimum absolute atomic E-state index is 0.161. The smallest absolute Gasteiger partial charge is 0.279 e. The van der Waals surface area contributed by atoms with Crippen LogP contribution in [0.2, 0.25) is 0 Å². The van der Waals surface area contributed by atoms with Gasteiger partial charge in [-0.3, -0.25) is 29.0 Å². The highest BCUT2D eigenvalue weighted by Crippen LogP contribution is 2.46. The lowest BCUT2D eigenvalue weighted by molar-refractivity contribution is -0.125. The van der Waals surface area contributed by atoms with Crippen LogP contribution in [0.4, 0.5) is 0 Å². The number of carbonyl (C=O) groups is 4. The Morgan fingerprint density at radius 1 is 0.457 bits per heavy atom. The van der Waals surface area contributed by atoms with Crippen molar-refractivity contribution in [3.63, 3.8) is 0 Å². The number of hydrogen-bond donors (Lipinski definition) is 0. The summed E-state index contributed by atoms with van der Waals surface area (Å²) in [5, 5.41) is 0. The maximum atomic E-state index is 14.4. The van der Waals surface area contributed by atoms with Gasteiger partial charge in [0.05, 0.1) is 11.1 Å². The molecule has 4 aliphatic heterocycles. The Morgan fingerprint density at radius 3 is 1.22 bits per heavy atom. The Kier molecular flexibility index (Phi) is 6.15. The van der Waals surface area contributed by atoms with Crippen molar-refractivity contribution >= 4 is 46.4 Å². The van der Waals surface area contributed by atoms with E-state index >= 15 is 0 Å². The molecule has 46 heavy (non-hydrogen) atoms. The average molecular weight is 603 g/mol. The molecule has 0 aliphatic carbocycles. The summed E-state index contributed by atoms with van der Waals surface area (Å²) in [7, 11) is 0. The lowest BCUT2D eigenvalue weighted by Crippen LogP contribution is -2.35. The van der Waals surface area contributed by atoms with E-state index in [2.05, 4.69) is 9.98 Å². The lowest BCUT2D eigenvalue weighted by atomic mass is 9.85. The summed E-state index contributed by atoms with van der Waals surface area (Å²) in [6, 6.07) is 30.5. The molecule has 0 radical (unpaired) electrons. The monoisotopic (exact) mass is 602 g/mol. The van der Waals surface area contributed by atoms with Crippen LogP contribution in [0.3, 0.4) is 0 Å². The van der Waals surface area contributed by atoms with Crippen LogP contribution in [0, 0.1) is 0 Å². The van der Waals surface area contributed by atoms with Gasteiger partial charge in [0.1, 0.15) is 11.7 Å². The van der Waals surface area contributed by atoms with Gasteiger partial charge in [0.25, 0.3) is 23.6 Å². The van der Waals surface area contributed by atoms with Crippen LogP contribution < -0.4 is 0 Å². The maximum absolute atomic E-state index is 14.4. The molecule has 8 heteroatoms. The molecule has 4 aliphatic rings. The van der Waals surface area contributed by atoms with Crippen molar-refractivity contribution in [1.82, 2.24) is 9.80 Å². The first kappa shape index (κ1) is 27.5. The Labute approximate surface area is 264 Å². The molecular weight excluding hydrogens is 576 g/mol. The molecule has 4 aromatic rings. The largest absolute Gasteiger partial charge is 0.292 e. The molecule has 0 aromatic heterocycles. The Hall–Kier alpha value is -6.02. The zero-order valence-corrected chi connectivity index (χ0v) is 25.1. The van der Waals surface area contributed by atoms with Crippen molar-refractivity contribution < 1.29 is 19.2 Å². The molecule has 0 N–H and O–H groups in total. The number of hydrogen-bond acceptors (Lipinski definition) is 4. The summed E-state index contributed by atoms with van der Waals surface area (Å²) in [5.41, 5.74) is 6.57. The fourth-order valence-electron chi connectivity index (χ4n) is 6.77. The molecule has 8 nitrogen and oxygen atoms in total. The predicted molar refractivity (Wildman–Crippen MR) is 176 cm³/mol. The highest BCUT2D eigenvalue weighted by atomic mass is 16.2. The van der Waals surface area contributed by atoms with E-state index in [1.54, 1.807) is 12.1 Å². The van der Waals surface area contributed by atoms with Gasteiger partial charge in [0, 0.05) is 35.4 Å². The Balaban J connectivity index is 1.45. The number of carbonyl (C=O) groups excluding carboxylic acids is 4. The number of nitrogens with zero attached hydrogens (tertiary/aromatic N) is 4. The second kappa shape index (κ2) is 10.3. The zero-order valence-electron chi connectivity index (χ0n) is 25.1. The molecule has 0 atom stereocenters. The molecule has 0 bridgehead atoms. The number of rotatable bonds is 5. The van der Waals surface area contributed by atoms with Crippen molar-refractivity contribution in [2.24, 2.45) is 9.98 Å². The minimum atomic E-state index is -0.449. The average Bonchev–Trinajstić information content (AvgIpc) is 3.53. The van der Waals surface area contributed by atoms with Gasteiger partial charge in [-0.15, -0.1) is 0 Å². The van der Waals surface area contributed by atoms with E-state index in [0.717, 1.165) is 22.3 Å². The van der Waals surface area contributed by atoms with Crippen molar-refractivity contribution in [2.75, 3.05) is 13.1 Å². The summed E-state index contributed by atoms with van der Waals surface area (Å²) >= 11 is 0. The third-order valence-electron chi connectivity index (χ3n) is 8.93. The Bertz CT molecular complexity index is 2040. The van der Waals surface area contributed by atoms with Crippen molar-refractivity contribution in [3.05, 3.63) is 130 Å². The topological polar surface area (TPSA) is 99.5 Å². The van der Waals surface area contributed by atoms with E-state index in [9.17, 15) is 19.2 Å². The fraction of sp³-hybridized carbons (Fsp3) is 0.105. The summed E-state index contributed by atoms with van der Waals surface area (Å²) in [6.07, 6.45) is 0. The highest BCUT2D eigenvalue weighted by molar-refractivity contribution is 6.50. The van der Waals surface area contributed by atoms with Crippen molar-refractivity contribution in [1.29, 1.82) is 0 Å². The van der Waals surface area contributed by atoms with Crippen LogP contribution in [0.15, 0.2) is 118 Å². The SMILES string of the molecule is CCN1C(=O)C(C2=C3C(=NC(=O)c4ccc(-c5ccccc5)cc43)N(CC)C2=O)=C2C1=NC(=O)c1ccc(-c3ccccc3)cc12. The zero-order chi connectivity index (χ0) is 31.7. The number of aliphatic imine (C=N–C) groups is 2. The van der Waals surface area contributed by atoms with Crippen LogP contribution in [0.5, 0.6) is 0 Å². The second-order valence-corrected chi connectivity index (χ2v) is 11.3. The molecule has 4 aromatic carbocycles. The van der Waals surface area contributed by atoms with Gasteiger partial charge >= 0.3 is 0 Å². The van der Waals surface area contributed by atoms with E-state index < -0.39 is 23.6 Å². The summed E-state index contributed by atoms with van der Waals surface area (Å²) in [4.78, 5) is 67.2. The summed E-state index contributed by atoms with van der Waals surface area (Å²) in [5.74, 6) is -1.29. The van der Waals surface area contributed by atoms with Crippen LogP contribution in [-0.2, 0) is 9.59 Å². The molecule has 4 amide bonds. The molecule has 0 spiro atoms. The molecule has 8 rings (SSSR count). The van der Waals surface area contributed by atoms with Gasteiger partial charge in [-0.25, -0.2) is 0 Å². The third-order valence-corrected chi connectivity index (χ3v) is 8.93. The second-order valence-electron chi connectivity index (χ2n) is 11.3. The lowest BCUT2D eigenvalue weighted by Gasteiger charge is -2.21. The molecule has 0 fully saturated rings.